The van der Waals surface area contributed by atoms with Crippen LogP contribution in [0.2, 0.25) is 0 Å². The number of thiazole rings is 1. The first kappa shape index (κ1) is 30.9. The van der Waals surface area contributed by atoms with Crippen molar-refractivity contribution in [2.75, 3.05) is 16.8 Å². The average molecular weight is 696 g/mol. The Balaban J connectivity index is 1.06. The number of amides is 3. The molecule has 2 bridgehead atoms. The summed E-state index contributed by atoms with van der Waals surface area (Å²) in [5.41, 5.74) is 0.259. The summed E-state index contributed by atoms with van der Waals surface area (Å²) in [6.07, 6.45) is -3.86. The summed E-state index contributed by atoms with van der Waals surface area (Å²) >= 11 is 2.66. The molecule has 2 N–H and O–H groups in total. The van der Waals surface area contributed by atoms with Crippen LogP contribution in [0.5, 0.6) is 5.75 Å². The molecule has 2 saturated carbocycles. The van der Waals surface area contributed by atoms with Gasteiger partial charge in [-0.15, -0.1) is 11.8 Å². The molecule has 14 heteroatoms. The number of benzene rings is 3. The van der Waals surface area contributed by atoms with Crippen LogP contribution in [-0.2, 0) is 20.6 Å². The summed E-state index contributed by atoms with van der Waals surface area (Å²) in [5.74, 6) is -2.98. The highest BCUT2D eigenvalue weighted by Crippen LogP contribution is 2.68. The maximum absolute atomic E-state index is 13.9. The third-order valence-electron chi connectivity index (χ3n) is 9.87. The molecule has 2 aliphatic carbocycles. The van der Waals surface area contributed by atoms with Crippen LogP contribution in [0.4, 0.5) is 28.9 Å². The molecule has 8 rings (SSSR count). The van der Waals surface area contributed by atoms with Crippen molar-refractivity contribution >= 4 is 52.2 Å². The summed E-state index contributed by atoms with van der Waals surface area (Å²) < 4.78 is 58.7. The first-order valence-corrected chi connectivity index (χ1v) is 16.9. The fourth-order valence-electron chi connectivity index (χ4n) is 8.15. The number of carbonyl (C=O) groups is 3. The maximum Gasteiger partial charge on any atom is 0.416 e. The molecule has 0 radical (unpaired) electrons. The van der Waals surface area contributed by atoms with E-state index in [2.05, 4.69) is 10.3 Å². The Morgan fingerprint density at radius 2 is 1.69 bits per heavy atom. The Labute approximate surface area is 278 Å². The van der Waals surface area contributed by atoms with Crippen molar-refractivity contribution in [3.63, 3.8) is 0 Å². The van der Waals surface area contributed by atoms with Gasteiger partial charge >= 0.3 is 11.0 Å². The molecule has 3 amide bonds. The van der Waals surface area contributed by atoms with E-state index >= 15 is 0 Å². The second kappa shape index (κ2) is 11.3. The van der Waals surface area contributed by atoms with Crippen molar-refractivity contribution in [2.24, 2.45) is 29.6 Å². The Bertz CT molecular complexity index is 2030. The lowest BCUT2D eigenvalue weighted by Crippen LogP contribution is -2.42. The van der Waals surface area contributed by atoms with Gasteiger partial charge in [0.05, 0.1) is 28.1 Å². The van der Waals surface area contributed by atoms with E-state index < -0.39 is 41.9 Å². The van der Waals surface area contributed by atoms with E-state index in [0.717, 1.165) is 38.9 Å². The minimum Gasteiger partial charge on any atom is -0.484 e. The Morgan fingerprint density at radius 1 is 0.958 bits per heavy atom. The van der Waals surface area contributed by atoms with E-state index in [9.17, 15) is 36.7 Å². The minimum absolute atomic E-state index is 0.0136. The summed E-state index contributed by atoms with van der Waals surface area (Å²) in [6, 6.07) is 16.7. The molecule has 4 aromatic rings. The zero-order valence-corrected chi connectivity index (χ0v) is 26.3. The van der Waals surface area contributed by atoms with E-state index in [1.807, 2.05) is 6.07 Å². The second-order valence-electron chi connectivity index (χ2n) is 12.4. The number of aromatic nitrogens is 1. The number of imide groups is 1. The predicted octanol–water partition coefficient (Wildman–Crippen LogP) is 6.29. The number of nitrogens with one attached hydrogen (secondary N) is 2. The number of aromatic amines is 1. The normalized spacial score (nSPS) is 27.1. The third kappa shape index (κ3) is 5.04. The molecule has 1 saturated heterocycles. The zero-order chi connectivity index (χ0) is 33.5. The molecular weight excluding hydrogens is 671 g/mol. The van der Waals surface area contributed by atoms with E-state index in [0.29, 0.717) is 17.9 Å². The Kier molecular flexibility index (Phi) is 7.29. The highest BCUT2D eigenvalue weighted by atomic mass is 32.2. The maximum atomic E-state index is 13.9. The van der Waals surface area contributed by atoms with Crippen LogP contribution < -0.4 is 19.8 Å². The lowest BCUT2D eigenvalue weighted by molar-refractivity contribution is -0.137. The number of anilines is 2. The lowest BCUT2D eigenvalue weighted by atomic mass is 9.68. The topological polar surface area (TPSA) is 109 Å². The van der Waals surface area contributed by atoms with Gasteiger partial charge in [0.2, 0.25) is 11.8 Å². The number of rotatable bonds is 6. The number of nitrogens with zero attached hydrogens (tertiary/aromatic N) is 1. The molecule has 3 heterocycles. The van der Waals surface area contributed by atoms with Gasteiger partial charge in [0.25, 0.3) is 5.91 Å². The van der Waals surface area contributed by atoms with E-state index in [1.54, 1.807) is 30.0 Å². The summed E-state index contributed by atoms with van der Waals surface area (Å²) in [6.45, 7) is -0.459. The van der Waals surface area contributed by atoms with E-state index in [1.165, 1.54) is 41.3 Å². The number of alkyl halides is 3. The molecule has 7 atom stereocenters. The van der Waals surface area contributed by atoms with Gasteiger partial charge < -0.3 is 15.0 Å². The predicted molar refractivity (Wildman–Crippen MR) is 169 cm³/mol. The number of fused-ring (bicyclic) bond motifs is 9. The zero-order valence-electron chi connectivity index (χ0n) is 24.7. The highest BCUT2D eigenvalue weighted by Gasteiger charge is 2.69. The summed E-state index contributed by atoms with van der Waals surface area (Å²) in [5, 5.41) is 3.11. The van der Waals surface area contributed by atoms with Crippen LogP contribution >= 0.6 is 23.1 Å². The van der Waals surface area contributed by atoms with Gasteiger partial charge in [-0.2, -0.15) is 13.2 Å². The SMILES string of the molecule is O=C(COc1cccc([C@H]2c3sc(=O)[nH]c3SC3C2[C@H]2C[C@@H]3C3C(=O)N(c4ccc(F)cc4)C(=O)C32)c1)Nc1cccc(C(F)(F)F)c1. The highest BCUT2D eigenvalue weighted by molar-refractivity contribution is 8.00. The number of halogens is 4. The molecule has 4 unspecified atom stereocenters. The average Bonchev–Trinajstić information content (AvgIpc) is 3.79. The van der Waals surface area contributed by atoms with Gasteiger partial charge in [-0.3, -0.25) is 24.1 Å². The van der Waals surface area contributed by atoms with Gasteiger partial charge in [0.15, 0.2) is 6.61 Å². The van der Waals surface area contributed by atoms with Crippen LogP contribution in [0.3, 0.4) is 0 Å². The number of hydrogen-bond acceptors (Lipinski definition) is 7. The van der Waals surface area contributed by atoms with Crippen molar-refractivity contribution in [2.45, 2.75) is 28.8 Å². The van der Waals surface area contributed by atoms with Crippen molar-refractivity contribution < 1.29 is 36.7 Å². The second-order valence-corrected chi connectivity index (χ2v) is 14.6. The van der Waals surface area contributed by atoms with Gasteiger partial charge in [-0.25, -0.2) is 4.39 Å². The molecule has 48 heavy (non-hydrogen) atoms. The van der Waals surface area contributed by atoms with Crippen molar-refractivity contribution in [1.29, 1.82) is 0 Å². The van der Waals surface area contributed by atoms with Gasteiger partial charge in [-0.05, 0) is 84.3 Å². The van der Waals surface area contributed by atoms with Crippen LogP contribution in [0.25, 0.3) is 0 Å². The Hall–Kier alpha value is -4.43. The smallest absolute Gasteiger partial charge is 0.416 e. The standard InChI is InChI=1S/C34H25F4N3O5S2/c35-17-7-9-19(10-8-17)41-31(43)26-21-13-22(27(26)32(41)44)28-25(21)24(29-30(47-28)40-33(45)48-29)15-3-1-6-20(11-15)46-14-23(42)39-18-5-2-4-16(12-18)34(36,37)38/h1-12,21-22,24-28H,13-14H2,(H,39,42)(H,40,45)/t21-,22-,24-,25?,26?,27?,28?/m1/s1. The number of carbonyl (C=O) groups excluding carboxylic acids is 3. The van der Waals surface area contributed by atoms with Gasteiger partial charge in [0.1, 0.15) is 11.6 Å². The molecule has 3 aromatic carbocycles. The van der Waals surface area contributed by atoms with Crippen LogP contribution in [0.15, 0.2) is 82.6 Å². The number of H-pyrrole nitrogens is 1. The van der Waals surface area contributed by atoms with Crippen molar-refractivity contribution in [3.05, 3.63) is 104 Å². The number of hydrogen-bond donors (Lipinski definition) is 2. The monoisotopic (exact) mass is 695 g/mol. The quantitative estimate of drug-likeness (QED) is 0.181. The minimum atomic E-state index is -4.55. The summed E-state index contributed by atoms with van der Waals surface area (Å²) in [4.78, 5) is 57.6. The largest absolute Gasteiger partial charge is 0.484 e. The first-order valence-electron chi connectivity index (χ1n) is 15.2. The van der Waals surface area contributed by atoms with E-state index in [4.69, 9.17) is 4.74 Å². The molecule has 3 fully saturated rings. The number of ether oxygens (including phenoxy) is 1. The molecule has 8 nitrogen and oxygen atoms in total. The van der Waals surface area contributed by atoms with Crippen LogP contribution in [0.1, 0.15) is 28.3 Å². The van der Waals surface area contributed by atoms with E-state index in [-0.39, 0.29) is 51.3 Å². The lowest BCUT2D eigenvalue weighted by Gasteiger charge is -2.43. The third-order valence-corrected chi connectivity index (χ3v) is 12.5. The van der Waals surface area contributed by atoms with Crippen molar-refractivity contribution in [1.82, 2.24) is 4.98 Å². The Morgan fingerprint density at radius 3 is 2.44 bits per heavy atom. The summed E-state index contributed by atoms with van der Waals surface area (Å²) in [7, 11) is 0. The number of thioether (sulfide) groups is 1. The fourth-order valence-corrected chi connectivity index (χ4v) is 11.0. The fraction of sp³-hybridized carbons (Fsp3) is 0.294. The molecule has 0 spiro atoms. The molecule has 246 valence electrons. The van der Waals surface area contributed by atoms with Crippen molar-refractivity contribution in [3.8, 4) is 5.75 Å². The van der Waals surface area contributed by atoms with Gasteiger partial charge in [0, 0.05) is 21.7 Å². The first-order chi connectivity index (χ1) is 23.0. The van der Waals surface area contributed by atoms with Gasteiger partial charge in [-0.1, -0.05) is 29.5 Å². The van der Waals surface area contributed by atoms with Crippen LogP contribution in [0, 0.1) is 35.4 Å². The molecular formula is C34H25F4N3O5S2. The van der Waals surface area contributed by atoms with Crippen LogP contribution in [-0.4, -0.2) is 34.6 Å². The molecule has 2 aliphatic heterocycles. The molecule has 4 aliphatic rings. The molecule has 1 aromatic heterocycles.